The third-order valence-corrected chi connectivity index (χ3v) is 12.5. The van der Waals surface area contributed by atoms with E-state index < -0.39 is 49.5 Å². The minimum Gasteiger partial charge on any atom is -0.394 e. The molecule has 9 heteroatoms. The molecule has 1 aliphatic rings. The Morgan fingerprint density at radius 3 is 1.30 bits per heavy atom. The van der Waals surface area contributed by atoms with Crippen molar-refractivity contribution in [3.05, 3.63) is 122 Å². The first-order chi connectivity index (χ1) is 34.8. The van der Waals surface area contributed by atoms with Gasteiger partial charge in [-0.1, -0.05) is 232 Å². The third-order valence-electron chi connectivity index (χ3n) is 12.5. The largest absolute Gasteiger partial charge is 0.394 e. The maximum absolute atomic E-state index is 13.0. The summed E-state index contributed by atoms with van der Waals surface area (Å²) in [6.45, 7) is 3.63. The number of carbonyl (C=O) groups is 1. The number of aliphatic hydroxyl groups excluding tert-OH is 5. The van der Waals surface area contributed by atoms with Gasteiger partial charge in [-0.25, -0.2) is 0 Å². The molecule has 6 N–H and O–H groups in total. The van der Waals surface area contributed by atoms with Crippen molar-refractivity contribution in [1.82, 2.24) is 5.32 Å². The Labute approximate surface area is 433 Å². The molecule has 0 aliphatic carbocycles. The molecule has 1 amide bonds. The van der Waals surface area contributed by atoms with Gasteiger partial charge in [0.2, 0.25) is 5.91 Å². The van der Waals surface area contributed by atoms with E-state index in [4.69, 9.17) is 9.47 Å². The van der Waals surface area contributed by atoms with E-state index in [2.05, 4.69) is 129 Å². The highest BCUT2D eigenvalue weighted by Gasteiger charge is 2.44. The average Bonchev–Trinajstić information content (AvgIpc) is 3.37. The molecule has 404 valence electrons. The summed E-state index contributed by atoms with van der Waals surface area (Å²) < 4.78 is 11.2. The maximum Gasteiger partial charge on any atom is 0.220 e. The van der Waals surface area contributed by atoms with Crippen molar-refractivity contribution < 1.29 is 39.8 Å². The Morgan fingerprint density at radius 1 is 0.493 bits per heavy atom. The lowest BCUT2D eigenvalue weighted by molar-refractivity contribution is -0.302. The van der Waals surface area contributed by atoms with Crippen molar-refractivity contribution in [3.8, 4) is 0 Å². The van der Waals surface area contributed by atoms with E-state index in [-0.39, 0.29) is 12.5 Å². The summed E-state index contributed by atoms with van der Waals surface area (Å²) in [5, 5.41) is 54.4. The van der Waals surface area contributed by atoms with Gasteiger partial charge in [0.15, 0.2) is 6.29 Å². The Hall–Kier alpha value is -3.41. The summed E-state index contributed by atoms with van der Waals surface area (Å²) >= 11 is 0. The molecule has 1 rings (SSSR count). The van der Waals surface area contributed by atoms with Crippen LogP contribution in [0.5, 0.6) is 0 Å². The zero-order chi connectivity index (χ0) is 51.5. The van der Waals surface area contributed by atoms with Gasteiger partial charge >= 0.3 is 0 Å². The van der Waals surface area contributed by atoms with Gasteiger partial charge in [0.25, 0.3) is 0 Å². The standard InChI is InChI=1S/C62H103NO8/c1-3-5-7-9-11-13-15-17-18-19-20-21-22-23-24-25-26-27-28-29-30-31-32-33-34-35-36-37-38-40-42-44-46-48-50-52-58(66)63-55(54-70-62-61(69)60(68)59(67)57(53-64)71-62)56(65)51-49-47-45-43-41-39-16-14-12-10-8-6-4-2/h5,7,11,13,17-18,20-21,23-24,26-27,29-30,32-33,35-36,49,51,55-57,59-62,64-65,67-69H,3-4,6,8-10,12,14-16,19,22,25,28,31,34,37-48,50,52-54H2,1-2H3,(H,63,66)/b7-5-,13-11-,18-17-,21-20-,24-23-,27-26-,30-29-,33-32-,36-35-,51-49+. The average molecular weight is 991 g/mol. The number of aliphatic hydroxyl groups is 5. The van der Waals surface area contributed by atoms with Gasteiger partial charge in [-0.15, -0.1) is 0 Å². The van der Waals surface area contributed by atoms with E-state index in [1.807, 2.05) is 6.08 Å². The summed E-state index contributed by atoms with van der Waals surface area (Å²) in [5.74, 6) is -0.194. The number of unbranched alkanes of at least 4 members (excludes halogenated alkanes) is 18. The van der Waals surface area contributed by atoms with Crippen LogP contribution in [0.2, 0.25) is 0 Å². The van der Waals surface area contributed by atoms with Crippen molar-refractivity contribution in [2.24, 2.45) is 0 Å². The van der Waals surface area contributed by atoms with Crippen LogP contribution in [-0.4, -0.2) is 87.5 Å². The zero-order valence-corrected chi connectivity index (χ0v) is 44.7. The molecule has 0 aromatic carbocycles. The van der Waals surface area contributed by atoms with Gasteiger partial charge in [-0.3, -0.25) is 4.79 Å². The summed E-state index contributed by atoms with van der Waals surface area (Å²) in [6.07, 6.45) is 68.3. The number of hydrogen-bond acceptors (Lipinski definition) is 8. The molecule has 0 saturated carbocycles. The summed E-state index contributed by atoms with van der Waals surface area (Å²) in [4.78, 5) is 13.0. The highest BCUT2D eigenvalue weighted by atomic mass is 16.7. The molecule has 1 heterocycles. The lowest BCUT2D eigenvalue weighted by Gasteiger charge is -2.40. The molecule has 9 nitrogen and oxygen atoms in total. The third kappa shape index (κ3) is 39.8. The van der Waals surface area contributed by atoms with Crippen molar-refractivity contribution in [2.75, 3.05) is 13.2 Å². The first-order valence-electron chi connectivity index (χ1n) is 28.3. The van der Waals surface area contributed by atoms with Crippen molar-refractivity contribution >= 4 is 5.91 Å². The Morgan fingerprint density at radius 2 is 0.873 bits per heavy atom. The first-order valence-corrected chi connectivity index (χ1v) is 28.3. The van der Waals surface area contributed by atoms with Crippen LogP contribution in [0.1, 0.15) is 206 Å². The fraction of sp³-hybridized carbons (Fsp3) is 0.661. The summed E-state index contributed by atoms with van der Waals surface area (Å²) in [7, 11) is 0. The number of carbonyl (C=O) groups excluding carboxylic acids is 1. The van der Waals surface area contributed by atoms with Crippen molar-refractivity contribution in [2.45, 2.75) is 249 Å². The van der Waals surface area contributed by atoms with Crippen LogP contribution in [0.15, 0.2) is 122 Å². The monoisotopic (exact) mass is 990 g/mol. The molecule has 0 spiro atoms. The van der Waals surface area contributed by atoms with Crippen LogP contribution in [-0.2, 0) is 14.3 Å². The van der Waals surface area contributed by atoms with E-state index in [1.54, 1.807) is 6.08 Å². The SMILES string of the molecule is CC/C=C\C/C=C\C/C=C\C/C=C\C/C=C\C/C=C\C/C=C\C/C=C\C/C=C\CCCCCCCCCC(=O)NC(COC1OC(CO)C(O)C(O)C1O)C(O)/C=C/CCCCCCCCCCCCC. The number of allylic oxidation sites excluding steroid dienone is 19. The molecule has 7 unspecified atom stereocenters. The molecule has 1 aliphatic heterocycles. The van der Waals surface area contributed by atoms with Gasteiger partial charge < -0.3 is 40.3 Å². The fourth-order valence-corrected chi connectivity index (χ4v) is 8.09. The first kappa shape index (κ1) is 65.6. The zero-order valence-electron chi connectivity index (χ0n) is 44.7. The van der Waals surface area contributed by atoms with Crippen LogP contribution in [0.25, 0.3) is 0 Å². The highest BCUT2D eigenvalue weighted by molar-refractivity contribution is 5.76. The molecule has 7 atom stereocenters. The van der Waals surface area contributed by atoms with Crippen molar-refractivity contribution in [1.29, 1.82) is 0 Å². The molecular formula is C62H103NO8. The quantitative estimate of drug-likeness (QED) is 0.0261. The predicted molar refractivity (Wildman–Crippen MR) is 299 cm³/mol. The second-order valence-electron chi connectivity index (χ2n) is 19.0. The molecule has 0 aromatic rings. The molecule has 0 aromatic heterocycles. The molecular weight excluding hydrogens is 887 g/mol. The van der Waals surface area contributed by atoms with Crippen LogP contribution in [0.4, 0.5) is 0 Å². The second kappa shape index (κ2) is 50.1. The molecule has 1 fully saturated rings. The Kier molecular flexibility index (Phi) is 46.3. The number of hydrogen-bond donors (Lipinski definition) is 6. The fourth-order valence-electron chi connectivity index (χ4n) is 8.09. The van der Waals surface area contributed by atoms with Gasteiger partial charge in [-0.2, -0.15) is 0 Å². The number of rotatable bonds is 46. The second-order valence-corrected chi connectivity index (χ2v) is 19.0. The van der Waals surface area contributed by atoms with E-state index in [0.717, 1.165) is 109 Å². The Balaban J connectivity index is 2.21. The van der Waals surface area contributed by atoms with Gasteiger partial charge in [0, 0.05) is 6.42 Å². The molecule has 0 bridgehead atoms. The normalized spacial score (nSPS) is 20.2. The minimum atomic E-state index is -1.57. The topological polar surface area (TPSA) is 149 Å². The van der Waals surface area contributed by atoms with Crippen LogP contribution < -0.4 is 5.32 Å². The number of ether oxygens (including phenoxy) is 2. The predicted octanol–water partition coefficient (Wildman–Crippen LogP) is 14.0. The lowest BCUT2D eigenvalue weighted by Crippen LogP contribution is -2.60. The Bertz CT molecular complexity index is 1520. The summed E-state index contributed by atoms with van der Waals surface area (Å²) in [6, 6.07) is -0.819. The molecule has 1 saturated heterocycles. The van der Waals surface area contributed by atoms with E-state index in [0.29, 0.717) is 6.42 Å². The van der Waals surface area contributed by atoms with Crippen molar-refractivity contribution in [3.63, 3.8) is 0 Å². The van der Waals surface area contributed by atoms with Crippen LogP contribution in [0, 0.1) is 0 Å². The highest BCUT2D eigenvalue weighted by Crippen LogP contribution is 2.23. The van der Waals surface area contributed by atoms with Gasteiger partial charge in [0.05, 0.1) is 25.4 Å². The molecule has 0 radical (unpaired) electrons. The van der Waals surface area contributed by atoms with E-state index in [1.165, 1.54) is 77.0 Å². The maximum atomic E-state index is 13.0. The lowest BCUT2D eigenvalue weighted by atomic mass is 9.99. The van der Waals surface area contributed by atoms with Gasteiger partial charge in [-0.05, 0) is 89.9 Å². The summed E-state index contributed by atoms with van der Waals surface area (Å²) in [5.41, 5.74) is 0. The van der Waals surface area contributed by atoms with Gasteiger partial charge in [0.1, 0.15) is 24.4 Å². The van der Waals surface area contributed by atoms with Crippen LogP contribution in [0.3, 0.4) is 0 Å². The number of amides is 1. The van der Waals surface area contributed by atoms with E-state index in [9.17, 15) is 30.3 Å². The minimum absolute atomic E-state index is 0.194. The number of nitrogens with one attached hydrogen (secondary N) is 1. The van der Waals surface area contributed by atoms with Crippen LogP contribution >= 0.6 is 0 Å². The smallest absolute Gasteiger partial charge is 0.220 e. The van der Waals surface area contributed by atoms with E-state index >= 15 is 0 Å². The molecule has 71 heavy (non-hydrogen) atoms.